The Morgan fingerprint density at radius 3 is 2.56 bits per heavy atom. The average Bonchev–Trinajstić information content (AvgIpc) is 2.89. The third-order valence-electron chi connectivity index (χ3n) is 3.92. The normalized spacial score (nSPS) is 12.8. The Hall–Kier alpha value is -3.74. The Morgan fingerprint density at radius 1 is 0.960 bits per heavy atom. The second-order valence-corrected chi connectivity index (χ2v) is 5.47. The summed E-state index contributed by atoms with van der Waals surface area (Å²) in [5.41, 5.74) is 0.493. The van der Waals surface area contributed by atoms with Crippen molar-refractivity contribution in [2.45, 2.75) is 0 Å². The summed E-state index contributed by atoms with van der Waals surface area (Å²) in [4.78, 5) is 48.0. The van der Waals surface area contributed by atoms with Gasteiger partial charge in [0.1, 0.15) is 17.4 Å². The molecule has 1 aliphatic heterocycles. The molecule has 2 N–H and O–H groups in total. The number of rotatable bonds is 2. The Kier molecular flexibility index (Phi) is 3.21. The average molecular weight is 334 g/mol. The van der Waals surface area contributed by atoms with Gasteiger partial charge in [0.05, 0.1) is 16.5 Å². The van der Waals surface area contributed by atoms with E-state index in [1.54, 1.807) is 24.3 Å². The van der Waals surface area contributed by atoms with Crippen molar-refractivity contribution >= 4 is 34.4 Å². The van der Waals surface area contributed by atoms with E-state index in [2.05, 4.69) is 10.6 Å². The number of benzene rings is 2. The molecule has 0 saturated heterocycles. The van der Waals surface area contributed by atoms with Crippen LogP contribution >= 0.6 is 0 Å². The van der Waals surface area contributed by atoms with Gasteiger partial charge in [-0.25, -0.2) is 0 Å². The van der Waals surface area contributed by atoms with E-state index < -0.39 is 23.2 Å². The Morgan fingerprint density at radius 2 is 1.72 bits per heavy atom. The van der Waals surface area contributed by atoms with E-state index in [1.807, 2.05) is 0 Å². The molecule has 4 rings (SSSR count). The predicted molar refractivity (Wildman–Crippen MR) is 88.7 cm³/mol. The van der Waals surface area contributed by atoms with Crippen molar-refractivity contribution in [2.24, 2.45) is 0 Å². The van der Waals surface area contributed by atoms with Gasteiger partial charge < -0.3 is 9.73 Å². The van der Waals surface area contributed by atoms with Crippen LogP contribution in [0.2, 0.25) is 0 Å². The Labute approximate surface area is 140 Å². The van der Waals surface area contributed by atoms with Gasteiger partial charge in [-0.1, -0.05) is 12.1 Å². The van der Waals surface area contributed by atoms with Crippen LogP contribution in [0.4, 0.5) is 5.69 Å². The highest BCUT2D eigenvalue weighted by molar-refractivity contribution is 6.22. The highest BCUT2D eigenvalue weighted by Crippen LogP contribution is 2.21. The summed E-state index contributed by atoms with van der Waals surface area (Å²) in [7, 11) is 0. The first-order valence-electron chi connectivity index (χ1n) is 7.36. The number of hydrogen-bond donors (Lipinski definition) is 2. The van der Waals surface area contributed by atoms with Crippen LogP contribution in [0.1, 0.15) is 31.1 Å². The summed E-state index contributed by atoms with van der Waals surface area (Å²) in [6, 6.07) is 10.9. The summed E-state index contributed by atoms with van der Waals surface area (Å²) in [6.45, 7) is 0. The molecule has 0 unspecified atom stereocenters. The first kappa shape index (κ1) is 14.8. The van der Waals surface area contributed by atoms with Gasteiger partial charge >= 0.3 is 0 Å². The fourth-order valence-electron chi connectivity index (χ4n) is 2.68. The van der Waals surface area contributed by atoms with Crippen molar-refractivity contribution in [3.63, 3.8) is 0 Å². The maximum Gasteiger partial charge on any atom is 0.262 e. The molecule has 2 heterocycles. The molecule has 122 valence electrons. The van der Waals surface area contributed by atoms with Gasteiger partial charge in [0.15, 0.2) is 0 Å². The SMILES string of the molecule is O=C1NC(=O)c2cc(NC(=O)c3coc4ccccc4c3=O)ccc21. The number of imide groups is 1. The molecule has 3 aromatic rings. The Bertz CT molecular complexity index is 1130. The van der Waals surface area contributed by atoms with E-state index in [1.165, 1.54) is 18.2 Å². The second-order valence-electron chi connectivity index (χ2n) is 5.47. The van der Waals surface area contributed by atoms with Gasteiger partial charge in [-0.05, 0) is 30.3 Å². The van der Waals surface area contributed by atoms with Crippen LogP contribution in [0.15, 0.2) is 57.9 Å². The lowest BCUT2D eigenvalue weighted by molar-refractivity contribution is 0.0878. The fraction of sp³-hybridized carbons (Fsp3) is 0. The summed E-state index contributed by atoms with van der Waals surface area (Å²) in [5, 5.41) is 5.01. The van der Waals surface area contributed by atoms with Crippen LogP contribution in [-0.2, 0) is 0 Å². The van der Waals surface area contributed by atoms with Gasteiger partial charge in [-0.15, -0.1) is 0 Å². The zero-order valence-corrected chi connectivity index (χ0v) is 12.7. The third-order valence-corrected chi connectivity index (χ3v) is 3.92. The van der Waals surface area contributed by atoms with E-state index in [4.69, 9.17) is 4.42 Å². The minimum atomic E-state index is -0.663. The minimum Gasteiger partial charge on any atom is -0.463 e. The summed E-state index contributed by atoms with van der Waals surface area (Å²) < 4.78 is 5.32. The lowest BCUT2D eigenvalue weighted by Crippen LogP contribution is -2.21. The van der Waals surface area contributed by atoms with Crippen molar-refractivity contribution in [3.8, 4) is 0 Å². The van der Waals surface area contributed by atoms with Crippen LogP contribution in [-0.4, -0.2) is 17.7 Å². The molecule has 7 nitrogen and oxygen atoms in total. The van der Waals surface area contributed by atoms with Crippen molar-refractivity contribution in [1.29, 1.82) is 0 Å². The monoisotopic (exact) mass is 334 g/mol. The van der Waals surface area contributed by atoms with Gasteiger partial charge in [-0.2, -0.15) is 0 Å². The van der Waals surface area contributed by atoms with E-state index in [0.717, 1.165) is 6.26 Å². The number of para-hydroxylation sites is 1. The highest BCUT2D eigenvalue weighted by Gasteiger charge is 2.27. The Balaban J connectivity index is 1.68. The number of hydrogen-bond acceptors (Lipinski definition) is 5. The molecule has 7 heteroatoms. The summed E-state index contributed by atoms with van der Waals surface area (Å²) in [5.74, 6) is -1.67. The number of fused-ring (bicyclic) bond motifs is 2. The molecule has 0 spiro atoms. The third kappa shape index (κ3) is 2.38. The maximum atomic E-state index is 12.4. The van der Waals surface area contributed by atoms with Gasteiger partial charge in [-0.3, -0.25) is 24.5 Å². The molecule has 0 radical (unpaired) electrons. The van der Waals surface area contributed by atoms with Crippen molar-refractivity contribution < 1.29 is 18.8 Å². The van der Waals surface area contributed by atoms with E-state index in [-0.39, 0.29) is 16.7 Å². The van der Waals surface area contributed by atoms with Gasteiger partial charge in [0.2, 0.25) is 5.43 Å². The van der Waals surface area contributed by atoms with Crippen molar-refractivity contribution in [1.82, 2.24) is 5.32 Å². The molecule has 1 aliphatic rings. The van der Waals surface area contributed by atoms with Crippen molar-refractivity contribution in [3.05, 3.63) is 75.6 Å². The zero-order valence-electron chi connectivity index (χ0n) is 12.7. The molecule has 2 aromatic carbocycles. The number of amides is 3. The second kappa shape index (κ2) is 5.41. The van der Waals surface area contributed by atoms with Gasteiger partial charge in [0.25, 0.3) is 17.7 Å². The number of carbonyl (C=O) groups is 3. The molecule has 0 bridgehead atoms. The standard InChI is InChI=1S/C18H10N2O5/c21-15-11-3-1-2-4-14(11)25-8-13(15)18(24)19-9-5-6-10-12(7-9)17(23)20-16(10)22/h1-8H,(H,19,24)(H,20,22,23). The molecule has 0 aliphatic carbocycles. The van der Waals surface area contributed by atoms with Crippen molar-refractivity contribution in [2.75, 3.05) is 5.32 Å². The number of carbonyl (C=O) groups excluding carboxylic acids is 3. The molecule has 0 fully saturated rings. The molecule has 3 amide bonds. The van der Waals surface area contributed by atoms with Crippen LogP contribution in [0.3, 0.4) is 0 Å². The molecule has 1 aromatic heterocycles. The number of anilines is 1. The lowest BCUT2D eigenvalue weighted by atomic mass is 10.1. The molecular weight excluding hydrogens is 324 g/mol. The summed E-state index contributed by atoms with van der Waals surface area (Å²) in [6.07, 6.45) is 1.10. The highest BCUT2D eigenvalue weighted by atomic mass is 16.3. The fourth-order valence-corrected chi connectivity index (χ4v) is 2.68. The van der Waals surface area contributed by atoms with Crippen LogP contribution in [0, 0.1) is 0 Å². The minimum absolute atomic E-state index is 0.153. The first-order chi connectivity index (χ1) is 12.0. The quantitative estimate of drug-likeness (QED) is 0.697. The van der Waals surface area contributed by atoms with Gasteiger partial charge in [0, 0.05) is 5.69 Å². The van der Waals surface area contributed by atoms with E-state index in [9.17, 15) is 19.2 Å². The topological polar surface area (TPSA) is 105 Å². The molecular formula is C18H10N2O5. The lowest BCUT2D eigenvalue weighted by Gasteiger charge is -2.06. The van der Waals surface area contributed by atoms with E-state index >= 15 is 0 Å². The predicted octanol–water partition coefficient (Wildman–Crippen LogP) is 1.93. The van der Waals surface area contributed by atoms with Crippen LogP contribution in [0.25, 0.3) is 11.0 Å². The van der Waals surface area contributed by atoms with Crippen LogP contribution < -0.4 is 16.1 Å². The van der Waals surface area contributed by atoms with E-state index in [0.29, 0.717) is 16.7 Å². The first-order valence-corrected chi connectivity index (χ1v) is 7.36. The zero-order chi connectivity index (χ0) is 17.6. The molecule has 25 heavy (non-hydrogen) atoms. The van der Waals surface area contributed by atoms with Crippen LogP contribution in [0.5, 0.6) is 0 Å². The molecule has 0 atom stereocenters. The number of nitrogens with one attached hydrogen (secondary N) is 2. The maximum absolute atomic E-state index is 12.4. The largest absolute Gasteiger partial charge is 0.463 e. The molecule has 0 saturated carbocycles. The smallest absolute Gasteiger partial charge is 0.262 e. The summed E-state index contributed by atoms with van der Waals surface area (Å²) >= 11 is 0.